The topological polar surface area (TPSA) is 87.2 Å². The van der Waals surface area contributed by atoms with E-state index in [2.05, 4.69) is 41.6 Å². The molecule has 0 aliphatic carbocycles. The van der Waals surface area contributed by atoms with Crippen molar-refractivity contribution in [1.29, 1.82) is 0 Å². The lowest BCUT2D eigenvalue weighted by molar-refractivity contribution is 0.0143. The molecule has 1 atom stereocenters. The maximum absolute atomic E-state index is 12.3. The van der Waals surface area contributed by atoms with Crippen LogP contribution in [0.4, 0.5) is 0 Å². The molecule has 0 radical (unpaired) electrons. The van der Waals surface area contributed by atoms with E-state index in [1.54, 1.807) is 31.4 Å². The number of aliphatic imine (C=N–C) groups is 1. The van der Waals surface area contributed by atoms with E-state index < -0.39 is 0 Å². The molecule has 2 rings (SSSR count). The van der Waals surface area contributed by atoms with Crippen molar-refractivity contribution in [3.8, 4) is 5.75 Å². The predicted molar refractivity (Wildman–Crippen MR) is 125 cm³/mol. The van der Waals surface area contributed by atoms with Gasteiger partial charge in [-0.25, -0.2) is 0 Å². The molecular weight excluding hydrogens is 394 g/mol. The first-order chi connectivity index (χ1) is 15.0. The molecule has 1 aromatic rings. The van der Waals surface area contributed by atoms with Crippen LogP contribution < -0.4 is 20.7 Å². The zero-order chi connectivity index (χ0) is 22.5. The lowest BCUT2D eigenvalue weighted by Gasteiger charge is -2.34. The number of amides is 1. The first-order valence-corrected chi connectivity index (χ1v) is 11.3. The van der Waals surface area contributed by atoms with Gasteiger partial charge in [0, 0.05) is 44.3 Å². The summed E-state index contributed by atoms with van der Waals surface area (Å²) in [5, 5.41) is 9.54. The lowest BCUT2D eigenvalue weighted by atomic mass is 10.0. The molecule has 0 aromatic heterocycles. The molecule has 0 bridgehead atoms. The van der Waals surface area contributed by atoms with Gasteiger partial charge in [-0.3, -0.25) is 14.7 Å². The van der Waals surface area contributed by atoms with Gasteiger partial charge in [-0.05, 0) is 43.5 Å². The standard InChI is InChI=1S/C23H39N5O3/c1-5-24-23(27-17-20(16-18(2)3)28-12-14-31-15-13-28)26-11-10-25-22(29)19-6-8-21(30-4)9-7-19/h6-9,18,20H,5,10-17H2,1-4H3,(H,25,29)(H2,24,26,27). The molecular formula is C23H39N5O3. The number of benzene rings is 1. The largest absolute Gasteiger partial charge is 0.497 e. The minimum absolute atomic E-state index is 0.101. The second-order valence-corrected chi connectivity index (χ2v) is 8.06. The summed E-state index contributed by atoms with van der Waals surface area (Å²) in [6.45, 7) is 12.7. The van der Waals surface area contributed by atoms with Crippen LogP contribution in [0.15, 0.2) is 29.3 Å². The average molecular weight is 434 g/mol. The monoisotopic (exact) mass is 433 g/mol. The molecule has 1 amide bonds. The Morgan fingerprint density at radius 2 is 1.81 bits per heavy atom. The maximum Gasteiger partial charge on any atom is 0.251 e. The molecule has 1 aliphatic rings. The Hall–Kier alpha value is -2.32. The van der Waals surface area contributed by atoms with Crippen LogP contribution in [0.3, 0.4) is 0 Å². The van der Waals surface area contributed by atoms with Crippen molar-refractivity contribution in [3.63, 3.8) is 0 Å². The van der Waals surface area contributed by atoms with Gasteiger partial charge >= 0.3 is 0 Å². The van der Waals surface area contributed by atoms with Crippen LogP contribution >= 0.6 is 0 Å². The predicted octanol–water partition coefficient (Wildman–Crippen LogP) is 1.73. The summed E-state index contributed by atoms with van der Waals surface area (Å²) in [5.74, 6) is 2.03. The molecule has 1 unspecified atom stereocenters. The van der Waals surface area contributed by atoms with Crippen molar-refractivity contribution in [2.75, 3.05) is 59.6 Å². The molecule has 31 heavy (non-hydrogen) atoms. The van der Waals surface area contributed by atoms with Crippen molar-refractivity contribution < 1.29 is 14.3 Å². The minimum atomic E-state index is -0.101. The summed E-state index contributed by atoms with van der Waals surface area (Å²) in [4.78, 5) is 19.6. The summed E-state index contributed by atoms with van der Waals surface area (Å²) in [6.07, 6.45) is 1.11. The second-order valence-electron chi connectivity index (χ2n) is 8.06. The van der Waals surface area contributed by atoms with E-state index in [-0.39, 0.29) is 5.91 Å². The van der Waals surface area contributed by atoms with Crippen LogP contribution in [0.5, 0.6) is 5.75 Å². The minimum Gasteiger partial charge on any atom is -0.497 e. The number of methoxy groups -OCH3 is 1. The van der Waals surface area contributed by atoms with Crippen molar-refractivity contribution in [2.24, 2.45) is 10.9 Å². The van der Waals surface area contributed by atoms with Crippen molar-refractivity contribution in [2.45, 2.75) is 33.2 Å². The van der Waals surface area contributed by atoms with Crippen LogP contribution in [-0.4, -0.2) is 82.4 Å². The summed E-state index contributed by atoms with van der Waals surface area (Å²) >= 11 is 0. The SMILES string of the molecule is CCNC(=NCC(CC(C)C)N1CCOCC1)NCCNC(=O)c1ccc(OC)cc1. The number of guanidine groups is 1. The van der Waals surface area contributed by atoms with E-state index in [0.717, 1.165) is 57.5 Å². The van der Waals surface area contributed by atoms with Crippen LogP contribution in [0.1, 0.15) is 37.6 Å². The van der Waals surface area contributed by atoms with Crippen LogP contribution in [-0.2, 0) is 4.74 Å². The normalized spacial score (nSPS) is 16.1. The Balaban J connectivity index is 1.82. The highest BCUT2D eigenvalue weighted by Crippen LogP contribution is 2.14. The van der Waals surface area contributed by atoms with Gasteiger partial charge in [0.05, 0.1) is 26.9 Å². The van der Waals surface area contributed by atoms with E-state index in [1.807, 2.05) is 0 Å². The second kappa shape index (κ2) is 13.9. The fourth-order valence-corrected chi connectivity index (χ4v) is 3.57. The quantitative estimate of drug-likeness (QED) is 0.280. The fourth-order valence-electron chi connectivity index (χ4n) is 3.57. The Bertz CT molecular complexity index is 672. The van der Waals surface area contributed by atoms with E-state index >= 15 is 0 Å². The molecule has 1 aromatic carbocycles. The third-order valence-electron chi connectivity index (χ3n) is 5.17. The van der Waals surface area contributed by atoms with E-state index in [9.17, 15) is 4.79 Å². The van der Waals surface area contributed by atoms with Gasteiger partial charge in [-0.2, -0.15) is 0 Å². The van der Waals surface area contributed by atoms with Gasteiger partial charge in [0.2, 0.25) is 0 Å². The van der Waals surface area contributed by atoms with Crippen molar-refractivity contribution in [1.82, 2.24) is 20.9 Å². The lowest BCUT2D eigenvalue weighted by Crippen LogP contribution is -2.47. The smallest absolute Gasteiger partial charge is 0.251 e. The fraction of sp³-hybridized carbons (Fsp3) is 0.652. The Labute approximate surface area is 186 Å². The zero-order valence-electron chi connectivity index (χ0n) is 19.4. The van der Waals surface area contributed by atoms with Gasteiger partial charge in [0.15, 0.2) is 5.96 Å². The highest BCUT2D eigenvalue weighted by molar-refractivity contribution is 5.94. The van der Waals surface area contributed by atoms with Gasteiger partial charge in [-0.1, -0.05) is 13.8 Å². The molecule has 1 fully saturated rings. The van der Waals surface area contributed by atoms with Crippen molar-refractivity contribution in [3.05, 3.63) is 29.8 Å². The number of hydrogen-bond acceptors (Lipinski definition) is 5. The summed E-state index contributed by atoms with van der Waals surface area (Å²) in [5.41, 5.74) is 0.614. The Morgan fingerprint density at radius 1 is 1.13 bits per heavy atom. The molecule has 1 aliphatic heterocycles. The number of ether oxygens (including phenoxy) is 2. The number of hydrogen-bond donors (Lipinski definition) is 3. The van der Waals surface area contributed by atoms with E-state index in [0.29, 0.717) is 30.6 Å². The first-order valence-electron chi connectivity index (χ1n) is 11.3. The third kappa shape index (κ3) is 9.14. The molecule has 1 heterocycles. The first kappa shape index (κ1) is 24.9. The molecule has 174 valence electrons. The van der Waals surface area contributed by atoms with Crippen LogP contribution in [0.2, 0.25) is 0 Å². The zero-order valence-corrected chi connectivity index (χ0v) is 19.4. The summed E-state index contributed by atoms with van der Waals surface area (Å²) in [7, 11) is 1.61. The molecule has 8 heteroatoms. The van der Waals surface area contributed by atoms with Gasteiger partial charge in [-0.15, -0.1) is 0 Å². The highest BCUT2D eigenvalue weighted by atomic mass is 16.5. The van der Waals surface area contributed by atoms with E-state index in [1.165, 1.54) is 0 Å². The number of carbonyl (C=O) groups excluding carboxylic acids is 1. The van der Waals surface area contributed by atoms with Gasteiger partial charge < -0.3 is 25.4 Å². The van der Waals surface area contributed by atoms with Gasteiger partial charge in [0.25, 0.3) is 5.91 Å². The molecule has 8 nitrogen and oxygen atoms in total. The van der Waals surface area contributed by atoms with E-state index in [4.69, 9.17) is 14.5 Å². The van der Waals surface area contributed by atoms with Crippen LogP contribution in [0.25, 0.3) is 0 Å². The number of rotatable bonds is 11. The van der Waals surface area contributed by atoms with Gasteiger partial charge in [0.1, 0.15) is 5.75 Å². The number of nitrogens with zero attached hydrogens (tertiary/aromatic N) is 2. The molecule has 0 spiro atoms. The summed E-state index contributed by atoms with van der Waals surface area (Å²) < 4.78 is 10.6. The Morgan fingerprint density at radius 3 is 2.42 bits per heavy atom. The Kier molecular flexibility index (Phi) is 11.2. The summed E-state index contributed by atoms with van der Waals surface area (Å²) in [6, 6.07) is 7.49. The third-order valence-corrected chi connectivity index (χ3v) is 5.17. The molecule has 0 saturated carbocycles. The number of morpholine rings is 1. The number of nitrogens with one attached hydrogen (secondary N) is 3. The number of carbonyl (C=O) groups is 1. The molecule has 3 N–H and O–H groups in total. The van der Waals surface area contributed by atoms with Crippen molar-refractivity contribution >= 4 is 11.9 Å². The maximum atomic E-state index is 12.3. The average Bonchev–Trinajstić information content (AvgIpc) is 2.79. The molecule has 1 saturated heterocycles. The van der Waals surface area contributed by atoms with Crippen LogP contribution in [0, 0.1) is 5.92 Å². The highest BCUT2D eigenvalue weighted by Gasteiger charge is 2.21.